The highest BCUT2D eigenvalue weighted by molar-refractivity contribution is 4.80. The maximum Gasteiger partial charge on any atom is 0.0102 e. The summed E-state index contributed by atoms with van der Waals surface area (Å²) >= 11 is 0. The molecule has 0 rings (SSSR count). The van der Waals surface area contributed by atoms with E-state index in [9.17, 15) is 0 Å². The molecule has 0 aliphatic heterocycles. The van der Waals surface area contributed by atoms with Crippen molar-refractivity contribution in [2.75, 3.05) is 0 Å². The average Bonchev–Trinajstić information content (AvgIpc) is 1.85. The summed E-state index contributed by atoms with van der Waals surface area (Å²) < 4.78 is 0. The third kappa shape index (κ3) is 4.38. The molecule has 0 aromatic carbocycles. The molecule has 2 nitrogen and oxygen atoms in total. The van der Waals surface area contributed by atoms with Crippen LogP contribution in [0.15, 0.2) is 0 Å². The van der Waals surface area contributed by atoms with Gasteiger partial charge in [0.2, 0.25) is 0 Å². The number of rotatable bonds is 3. The largest absolute Gasteiger partial charge is 0.328 e. The Kier molecular flexibility index (Phi) is 4.04. The normalized spacial score (nSPS) is 18.0. The maximum absolute atomic E-state index is 5.95. The van der Waals surface area contributed by atoms with Crippen molar-refractivity contribution in [3.63, 3.8) is 0 Å². The van der Waals surface area contributed by atoms with Gasteiger partial charge in [-0.05, 0) is 18.3 Å². The summed E-state index contributed by atoms with van der Waals surface area (Å²) in [7, 11) is 0. The van der Waals surface area contributed by atoms with Crippen LogP contribution < -0.4 is 11.5 Å². The average molecular weight is 158 g/mol. The predicted molar refractivity (Wildman–Crippen MR) is 50.3 cm³/mol. The molecule has 0 bridgehead atoms. The van der Waals surface area contributed by atoms with Crippen molar-refractivity contribution in [2.45, 2.75) is 52.6 Å². The van der Waals surface area contributed by atoms with Gasteiger partial charge in [0.05, 0.1) is 0 Å². The minimum absolute atomic E-state index is 0.187. The van der Waals surface area contributed by atoms with Crippen molar-refractivity contribution in [1.82, 2.24) is 0 Å². The van der Waals surface area contributed by atoms with Gasteiger partial charge in [-0.15, -0.1) is 0 Å². The molecule has 0 amide bonds. The lowest BCUT2D eigenvalue weighted by Crippen LogP contribution is -2.40. The Bertz CT molecular complexity index is 105. The summed E-state index contributed by atoms with van der Waals surface area (Å²) in [4.78, 5) is 0. The quantitative estimate of drug-likeness (QED) is 0.653. The van der Waals surface area contributed by atoms with E-state index in [0.717, 1.165) is 12.8 Å². The van der Waals surface area contributed by atoms with Crippen molar-refractivity contribution in [3.8, 4) is 0 Å². The fraction of sp³-hybridized carbons (Fsp3) is 1.00. The Morgan fingerprint density at radius 3 is 1.91 bits per heavy atom. The first-order valence-corrected chi connectivity index (χ1v) is 4.39. The molecule has 68 valence electrons. The molecular weight excluding hydrogens is 136 g/mol. The van der Waals surface area contributed by atoms with Crippen LogP contribution in [0.5, 0.6) is 0 Å². The molecule has 0 heterocycles. The van der Waals surface area contributed by atoms with Gasteiger partial charge in [0.25, 0.3) is 0 Å². The van der Waals surface area contributed by atoms with Crippen LogP contribution in [0.2, 0.25) is 0 Å². The standard InChI is InChI=1S/C9H22N2/c1-5-7(10)6-8(11)9(2,3)4/h7-8H,5-6,10-11H2,1-4H3. The lowest BCUT2D eigenvalue weighted by Gasteiger charge is -2.28. The Labute approximate surface area is 70.3 Å². The molecule has 0 aliphatic carbocycles. The highest BCUT2D eigenvalue weighted by Gasteiger charge is 2.21. The lowest BCUT2D eigenvalue weighted by atomic mass is 9.83. The van der Waals surface area contributed by atoms with Crippen molar-refractivity contribution >= 4 is 0 Å². The van der Waals surface area contributed by atoms with Crippen LogP contribution in [0, 0.1) is 5.41 Å². The first-order chi connectivity index (χ1) is 4.88. The molecule has 4 N–H and O–H groups in total. The van der Waals surface area contributed by atoms with Crippen molar-refractivity contribution in [1.29, 1.82) is 0 Å². The van der Waals surface area contributed by atoms with E-state index in [1.807, 2.05) is 0 Å². The van der Waals surface area contributed by atoms with E-state index in [-0.39, 0.29) is 17.5 Å². The topological polar surface area (TPSA) is 52.0 Å². The van der Waals surface area contributed by atoms with Crippen LogP contribution in [0.1, 0.15) is 40.5 Å². The van der Waals surface area contributed by atoms with Gasteiger partial charge >= 0.3 is 0 Å². The molecule has 0 saturated carbocycles. The minimum atomic E-state index is 0.187. The molecule has 2 unspecified atom stereocenters. The highest BCUT2D eigenvalue weighted by Crippen LogP contribution is 2.20. The molecule has 0 aromatic rings. The van der Waals surface area contributed by atoms with Crippen LogP contribution in [-0.2, 0) is 0 Å². The number of hydrogen-bond acceptors (Lipinski definition) is 2. The minimum Gasteiger partial charge on any atom is -0.328 e. The number of hydrogen-bond donors (Lipinski definition) is 2. The van der Waals surface area contributed by atoms with Crippen LogP contribution in [0.4, 0.5) is 0 Å². The predicted octanol–water partition coefficient (Wildman–Crippen LogP) is 1.49. The first-order valence-electron chi connectivity index (χ1n) is 4.39. The molecule has 0 fully saturated rings. The molecular formula is C9H22N2. The smallest absolute Gasteiger partial charge is 0.0102 e. The summed E-state index contributed by atoms with van der Waals surface area (Å²) in [6.45, 7) is 8.56. The zero-order valence-electron chi connectivity index (χ0n) is 8.22. The van der Waals surface area contributed by atoms with Crippen molar-refractivity contribution in [3.05, 3.63) is 0 Å². The first kappa shape index (κ1) is 10.9. The molecule has 0 aromatic heterocycles. The number of nitrogens with two attached hydrogens (primary N) is 2. The van der Waals surface area contributed by atoms with Crippen molar-refractivity contribution < 1.29 is 0 Å². The van der Waals surface area contributed by atoms with Gasteiger partial charge in [0.1, 0.15) is 0 Å². The molecule has 0 spiro atoms. The Morgan fingerprint density at radius 1 is 1.18 bits per heavy atom. The Balaban J connectivity index is 3.77. The summed E-state index contributed by atoms with van der Waals surface area (Å²) in [5, 5.41) is 0. The molecule has 2 heteroatoms. The molecule has 0 aliphatic rings. The van der Waals surface area contributed by atoms with E-state index in [0.29, 0.717) is 0 Å². The zero-order chi connectivity index (χ0) is 9.07. The van der Waals surface area contributed by atoms with E-state index in [2.05, 4.69) is 27.7 Å². The Morgan fingerprint density at radius 2 is 1.64 bits per heavy atom. The van der Waals surface area contributed by atoms with Crippen LogP contribution >= 0.6 is 0 Å². The summed E-state index contributed by atoms with van der Waals surface area (Å²) in [5.74, 6) is 0. The van der Waals surface area contributed by atoms with Gasteiger partial charge in [0.15, 0.2) is 0 Å². The third-order valence-corrected chi connectivity index (χ3v) is 2.19. The van der Waals surface area contributed by atoms with Gasteiger partial charge in [0, 0.05) is 12.1 Å². The second kappa shape index (κ2) is 4.07. The van der Waals surface area contributed by atoms with E-state index in [1.165, 1.54) is 0 Å². The van der Waals surface area contributed by atoms with Gasteiger partial charge in [-0.25, -0.2) is 0 Å². The summed E-state index contributed by atoms with van der Waals surface area (Å²) in [6, 6.07) is 0.488. The van der Waals surface area contributed by atoms with Gasteiger partial charge in [-0.1, -0.05) is 27.7 Å². The molecule has 2 atom stereocenters. The van der Waals surface area contributed by atoms with Crippen LogP contribution in [-0.4, -0.2) is 12.1 Å². The zero-order valence-corrected chi connectivity index (χ0v) is 8.22. The highest BCUT2D eigenvalue weighted by atomic mass is 14.7. The van der Waals surface area contributed by atoms with Crippen LogP contribution in [0.3, 0.4) is 0 Å². The SMILES string of the molecule is CCC(N)CC(N)C(C)(C)C. The second-order valence-corrected chi connectivity index (χ2v) is 4.38. The lowest BCUT2D eigenvalue weighted by molar-refractivity contribution is 0.289. The second-order valence-electron chi connectivity index (χ2n) is 4.38. The fourth-order valence-electron chi connectivity index (χ4n) is 0.846. The monoisotopic (exact) mass is 158 g/mol. The maximum atomic E-state index is 5.95. The van der Waals surface area contributed by atoms with E-state index >= 15 is 0 Å². The van der Waals surface area contributed by atoms with E-state index in [4.69, 9.17) is 11.5 Å². The van der Waals surface area contributed by atoms with Crippen LogP contribution in [0.25, 0.3) is 0 Å². The van der Waals surface area contributed by atoms with Crippen molar-refractivity contribution in [2.24, 2.45) is 16.9 Å². The Hall–Kier alpha value is -0.0800. The third-order valence-electron chi connectivity index (χ3n) is 2.19. The van der Waals surface area contributed by atoms with Gasteiger partial charge in [-0.3, -0.25) is 0 Å². The van der Waals surface area contributed by atoms with E-state index in [1.54, 1.807) is 0 Å². The summed E-state index contributed by atoms with van der Waals surface area (Å²) in [5.41, 5.74) is 11.9. The summed E-state index contributed by atoms with van der Waals surface area (Å²) in [6.07, 6.45) is 1.95. The molecule has 0 radical (unpaired) electrons. The van der Waals surface area contributed by atoms with Gasteiger partial charge in [-0.2, -0.15) is 0 Å². The van der Waals surface area contributed by atoms with E-state index < -0.39 is 0 Å². The van der Waals surface area contributed by atoms with Gasteiger partial charge < -0.3 is 11.5 Å². The molecule has 11 heavy (non-hydrogen) atoms. The fourth-order valence-corrected chi connectivity index (χ4v) is 0.846. The molecule has 0 saturated heterocycles.